The van der Waals surface area contributed by atoms with Gasteiger partial charge >= 0.3 is 0 Å². The van der Waals surface area contributed by atoms with Crippen LogP contribution in [0.1, 0.15) is 52.1 Å². The number of nitrogens with zero attached hydrogens (tertiary/aromatic N) is 4. The molecule has 7 heteroatoms. The van der Waals surface area contributed by atoms with Gasteiger partial charge in [0.1, 0.15) is 5.69 Å². The molecular formula is C22H31N5O2. The Balaban J connectivity index is 1.83. The molecule has 0 radical (unpaired) electrons. The average molecular weight is 398 g/mol. The molecule has 1 aromatic carbocycles. The molecule has 1 aliphatic heterocycles. The van der Waals surface area contributed by atoms with Gasteiger partial charge in [-0.15, -0.1) is 0 Å². The average Bonchev–Trinajstić information content (AvgIpc) is 3.12. The first-order valence-corrected chi connectivity index (χ1v) is 10.4. The number of hydrogen-bond donors (Lipinski definition) is 1. The van der Waals surface area contributed by atoms with Gasteiger partial charge in [0.15, 0.2) is 5.82 Å². The number of carbonyl (C=O) groups excluding carboxylic acids is 2. The number of imidazole rings is 1. The number of fused-ring (bicyclic) bond motifs is 1. The van der Waals surface area contributed by atoms with E-state index in [4.69, 9.17) is 0 Å². The molecule has 0 atom stereocenters. The van der Waals surface area contributed by atoms with Crippen molar-refractivity contribution in [1.29, 1.82) is 0 Å². The van der Waals surface area contributed by atoms with Crippen molar-refractivity contribution >= 4 is 11.8 Å². The van der Waals surface area contributed by atoms with Crippen LogP contribution in [-0.2, 0) is 19.5 Å². The molecule has 1 aromatic heterocycles. The summed E-state index contributed by atoms with van der Waals surface area (Å²) in [6, 6.07) is 9.94. The second-order valence-corrected chi connectivity index (χ2v) is 7.70. The van der Waals surface area contributed by atoms with E-state index in [1.807, 2.05) is 60.8 Å². The molecular weight excluding hydrogens is 366 g/mol. The summed E-state index contributed by atoms with van der Waals surface area (Å²) in [4.78, 5) is 34.4. The van der Waals surface area contributed by atoms with Crippen molar-refractivity contribution < 1.29 is 9.59 Å². The normalized spacial score (nSPS) is 13.2. The van der Waals surface area contributed by atoms with Crippen molar-refractivity contribution in [3.05, 3.63) is 53.1 Å². The number of likely N-dealkylation sites (N-methyl/N-ethyl adjacent to an activating group) is 1. The van der Waals surface area contributed by atoms with Crippen LogP contribution < -0.4 is 5.32 Å². The quantitative estimate of drug-likeness (QED) is 0.741. The molecule has 156 valence electrons. The van der Waals surface area contributed by atoms with Crippen molar-refractivity contribution in [2.75, 3.05) is 33.7 Å². The van der Waals surface area contributed by atoms with E-state index < -0.39 is 0 Å². The maximum absolute atomic E-state index is 13.3. The van der Waals surface area contributed by atoms with Crippen molar-refractivity contribution in [1.82, 2.24) is 24.7 Å². The molecule has 1 aliphatic rings. The third kappa shape index (κ3) is 5.03. The van der Waals surface area contributed by atoms with Gasteiger partial charge in [-0.05, 0) is 45.8 Å². The molecule has 0 spiro atoms. The van der Waals surface area contributed by atoms with Gasteiger partial charge < -0.3 is 19.7 Å². The van der Waals surface area contributed by atoms with Gasteiger partial charge in [0.2, 0.25) is 0 Å². The Labute approximate surface area is 172 Å². The minimum atomic E-state index is -0.192. The summed E-state index contributed by atoms with van der Waals surface area (Å²) >= 11 is 0. The summed E-state index contributed by atoms with van der Waals surface area (Å²) in [6.07, 6.45) is 2.79. The summed E-state index contributed by atoms with van der Waals surface area (Å²) in [7, 11) is 3.93. The van der Waals surface area contributed by atoms with E-state index in [1.54, 1.807) is 4.90 Å². The lowest BCUT2D eigenvalue weighted by molar-refractivity contribution is 0.0734. The fourth-order valence-corrected chi connectivity index (χ4v) is 3.64. The molecule has 2 heterocycles. The highest BCUT2D eigenvalue weighted by molar-refractivity contribution is 5.97. The number of carbonyl (C=O) groups is 2. The Morgan fingerprint density at radius 2 is 1.93 bits per heavy atom. The SMILES string of the molecule is CCN(Cc1ccccc1)C(=O)c1nc(C(=O)NCCN(C)C)c2n1CCCC2. The molecule has 0 saturated heterocycles. The minimum Gasteiger partial charge on any atom is -0.349 e. The van der Waals surface area contributed by atoms with Crippen molar-refractivity contribution in [3.8, 4) is 0 Å². The van der Waals surface area contributed by atoms with Crippen LogP contribution in [0, 0.1) is 0 Å². The molecule has 1 N–H and O–H groups in total. The lowest BCUT2D eigenvalue weighted by atomic mass is 10.1. The summed E-state index contributed by atoms with van der Waals surface area (Å²) in [5.41, 5.74) is 2.37. The standard InChI is InChI=1S/C22H31N5O2/c1-4-26(16-17-10-6-5-7-11-17)22(29)20-24-19(18-12-8-9-14-27(18)20)21(28)23-13-15-25(2)3/h5-7,10-11H,4,8-9,12-16H2,1-3H3,(H,23,28). The van der Waals surface area contributed by atoms with Crippen molar-refractivity contribution in [2.24, 2.45) is 0 Å². The summed E-state index contributed by atoms with van der Waals surface area (Å²) in [5.74, 6) is 0.0738. The smallest absolute Gasteiger partial charge is 0.290 e. The van der Waals surface area contributed by atoms with E-state index >= 15 is 0 Å². The molecule has 7 nitrogen and oxygen atoms in total. The molecule has 0 aliphatic carbocycles. The van der Waals surface area contributed by atoms with Gasteiger partial charge in [0.05, 0.1) is 5.69 Å². The number of benzene rings is 1. The molecule has 0 unspecified atom stereocenters. The van der Waals surface area contributed by atoms with Crippen LogP contribution in [0.4, 0.5) is 0 Å². The Hall–Kier alpha value is -2.67. The molecule has 29 heavy (non-hydrogen) atoms. The van der Waals surface area contributed by atoms with Crippen molar-refractivity contribution in [3.63, 3.8) is 0 Å². The third-order valence-electron chi connectivity index (χ3n) is 5.25. The predicted molar refractivity (Wildman–Crippen MR) is 113 cm³/mol. The molecule has 2 amide bonds. The summed E-state index contributed by atoms with van der Waals surface area (Å²) < 4.78 is 1.96. The van der Waals surface area contributed by atoms with E-state index in [1.165, 1.54) is 0 Å². The number of hydrogen-bond acceptors (Lipinski definition) is 4. The fourth-order valence-electron chi connectivity index (χ4n) is 3.64. The van der Waals surface area contributed by atoms with Gasteiger partial charge in [-0.1, -0.05) is 30.3 Å². The molecule has 0 fully saturated rings. The maximum Gasteiger partial charge on any atom is 0.290 e. The second-order valence-electron chi connectivity index (χ2n) is 7.70. The molecule has 2 aromatic rings. The fraction of sp³-hybridized carbons (Fsp3) is 0.500. The van der Waals surface area contributed by atoms with E-state index in [2.05, 4.69) is 10.3 Å². The topological polar surface area (TPSA) is 70.5 Å². The van der Waals surface area contributed by atoms with Crippen LogP contribution in [0.25, 0.3) is 0 Å². The zero-order valence-corrected chi connectivity index (χ0v) is 17.6. The van der Waals surface area contributed by atoms with Crippen LogP contribution >= 0.6 is 0 Å². The van der Waals surface area contributed by atoms with Crippen LogP contribution in [0.5, 0.6) is 0 Å². The second kappa shape index (κ2) is 9.69. The first kappa shape index (κ1) is 21.0. The minimum absolute atomic E-state index is 0.119. The van der Waals surface area contributed by atoms with Gasteiger partial charge in [0.25, 0.3) is 11.8 Å². The Morgan fingerprint density at radius 1 is 1.17 bits per heavy atom. The summed E-state index contributed by atoms with van der Waals surface area (Å²) in [5, 5.41) is 2.93. The van der Waals surface area contributed by atoms with Crippen LogP contribution in [0.2, 0.25) is 0 Å². The lowest BCUT2D eigenvalue weighted by Crippen LogP contribution is -2.33. The predicted octanol–water partition coefficient (Wildman–Crippen LogP) is 2.17. The number of amides is 2. The van der Waals surface area contributed by atoms with Crippen LogP contribution in [-0.4, -0.2) is 64.9 Å². The van der Waals surface area contributed by atoms with Gasteiger partial charge in [-0.2, -0.15) is 0 Å². The van der Waals surface area contributed by atoms with Crippen LogP contribution in [0.15, 0.2) is 30.3 Å². The van der Waals surface area contributed by atoms with Gasteiger partial charge in [0, 0.05) is 32.7 Å². The number of nitrogens with one attached hydrogen (secondary N) is 1. The third-order valence-corrected chi connectivity index (χ3v) is 5.25. The zero-order valence-electron chi connectivity index (χ0n) is 17.6. The van der Waals surface area contributed by atoms with E-state index in [9.17, 15) is 9.59 Å². The highest BCUT2D eigenvalue weighted by Crippen LogP contribution is 2.22. The molecule has 3 rings (SSSR count). The van der Waals surface area contributed by atoms with Crippen LogP contribution in [0.3, 0.4) is 0 Å². The Bertz CT molecular complexity index is 844. The first-order chi connectivity index (χ1) is 14.0. The Morgan fingerprint density at radius 3 is 2.62 bits per heavy atom. The lowest BCUT2D eigenvalue weighted by Gasteiger charge is -2.22. The van der Waals surface area contributed by atoms with Crippen molar-refractivity contribution in [2.45, 2.75) is 39.3 Å². The van der Waals surface area contributed by atoms with E-state index in [-0.39, 0.29) is 11.8 Å². The largest absolute Gasteiger partial charge is 0.349 e. The monoisotopic (exact) mass is 397 g/mol. The zero-order chi connectivity index (χ0) is 20.8. The highest BCUT2D eigenvalue weighted by atomic mass is 16.2. The van der Waals surface area contributed by atoms with Gasteiger partial charge in [-0.3, -0.25) is 9.59 Å². The molecule has 0 bridgehead atoms. The number of rotatable bonds is 8. The first-order valence-electron chi connectivity index (χ1n) is 10.4. The maximum atomic E-state index is 13.3. The van der Waals surface area contributed by atoms with Gasteiger partial charge in [-0.25, -0.2) is 4.98 Å². The highest BCUT2D eigenvalue weighted by Gasteiger charge is 2.29. The molecule has 0 saturated carbocycles. The van der Waals surface area contributed by atoms with E-state index in [0.717, 1.165) is 43.6 Å². The number of aromatic nitrogens is 2. The Kier molecular flexibility index (Phi) is 7.04. The summed E-state index contributed by atoms with van der Waals surface area (Å²) in [6.45, 7) is 5.13. The van der Waals surface area contributed by atoms with E-state index in [0.29, 0.717) is 31.2 Å².